The Balaban J connectivity index is 2.41. The van der Waals surface area contributed by atoms with Crippen LogP contribution in [0.1, 0.15) is 0 Å². The molecule has 0 aliphatic heterocycles. The van der Waals surface area contributed by atoms with Crippen molar-refractivity contribution in [3.05, 3.63) is 12.4 Å². The number of nitrogen functional groups attached to an aromatic ring is 1. The number of aliphatic hydroxyl groups is 2. The lowest BCUT2D eigenvalue weighted by atomic mass is 10.4. The molecule has 0 saturated heterocycles. The van der Waals surface area contributed by atoms with Gasteiger partial charge in [-0.25, -0.2) is 9.97 Å². The topological polar surface area (TPSA) is 104 Å². The van der Waals surface area contributed by atoms with Gasteiger partial charge in [0.05, 0.1) is 25.1 Å². The summed E-state index contributed by atoms with van der Waals surface area (Å²) in [6.45, 7) is -0.0511. The fraction of sp³-hybridized carbons (Fsp3) is 0.429. The second-order valence-corrected chi connectivity index (χ2v) is 2.54. The van der Waals surface area contributed by atoms with Crippen LogP contribution in [0.2, 0.25) is 0 Å². The normalized spacial score (nSPS) is 12.5. The molecule has 0 radical (unpaired) electrons. The molecule has 6 nitrogen and oxygen atoms in total. The Morgan fingerprint density at radius 2 is 2.23 bits per heavy atom. The van der Waals surface area contributed by atoms with E-state index in [1.54, 1.807) is 0 Å². The number of nitrogens with one attached hydrogen (secondary N) is 1. The van der Waals surface area contributed by atoms with Crippen LogP contribution in [0.5, 0.6) is 0 Å². The third kappa shape index (κ3) is 3.22. The molecule has 0 saturated carbocycles. The van der Waals surface area contributed by atoms with E-state index in [4.69, 9.17) is 15.9 Å². The molecule has 1 rings (SSSR count). The van der Waals surface area contributed by atoms with Crippen LogP contribution in [-0.2, 0) is 0 Å². The first-order valence-corrected chi connectivity index (χ1v) is 3.82. The molecule has 1 atom stereocenters. The van der Waals surface area contributed by atoms with Crippen molar-refractivity contribution in [3.63, 3.8) is 0 Å². The van der Waals surface area contributed by atoms with Crippen LogP contribution in [0.3, 0.4) is 0 Å². The Morgan fingerprint density at radius 3 is 2.77 bits per heavy atom. The average molecular weight is 184 g/mol. The van der Waals surface area contributed by atoms with Gasteiger partial charge >= 0.3 is 0 Å². The lowest BCUT2D eigenvalue weighted by molar-refractivity contribution is 0.105. The second-order valence-electron chi connectivity index (χ2n) is 2.54. The van der Waals surface area contributed by atoms with Crippen molar-refractivity contribution >= 4 is 11.6 Å². The van der Waals surface area contributed by atoms with Gasteiger partial charge in [0.2, 0.25) is 0 Å². The zero-order chi connectivity index (χ0) is 9.68. The van der Waals surface area contributed by atoms with E-state index >= 15 is 0 Å². The highest BCUT2D eigenvalue weighted by Gasteiger charge is 2.01. The molecule has 0 amide bonds. The van der Waals surface area contributed by atoms with E-state index in [-0.39, 0.29) is 13.2 Å². The predicted molar refractivity (Wildman–Crippen MR) is 48.0 cm³/mol. The monoisotopic (exact) mass is 184 g/mol. The van der Waals surface area contributed by atoms with Crippen molar-refractivity contribution in [2.75, 3.05) is 24.2 Å². The molecule has 0 aliphatic carbocycles. The fourth-order valence-electron chi connectivity index (χ4n) is 0.716. The molecule has 1 aromatic heterocycles. The van der Waals surface area contributed by atoms with Crippen LogP contribution >= 0.6 is 0 Å². The molecular formula is C7H12N4O2. The summed E-state index contributed by atoms with van der Waals surface area (Å²) in [7, 11) is 0. The van der Waals surface area contributed by atoms with E-state index in [2.05, 4.69) is 15.3 Å². The number of nitrogens with zero attached hydrogens (tertiary/aromatic N) is 2. The predicted octanol–water partition coefficient (Wildman–Crippen LogP) is -1.18. The molecule has 13 heavy (non-hydrogen) atoms. The summed E-state index contributed by atoms with van der Waals surface area (Å²) < 4.78 is 0. The summed E-state index contributed by atoms with van der Waals surface area (Å²) in [5.41, 5.74) is 5.32. The maximum absolute atomic E-state index is 8.99. The van der Waals surface area contributed by atoms with Gasteiger partial charge in [-0.05, 0) is 0 Å². The van der Waals surface area contributed by atoms with Crippen LogP contribution in [0.4, 0.5) is 11.6 Å². The highest BCUT2D eigenvalue weighted by Crippen LogP contribution is 2.01. The van der Waals surface area contributed by atoms with Gasteiger partial charge in [0.1, 0.15) is 11.6 Å². The highest BCUT2D eigenvalue weighted by atomic mass is 16.3. The van der Waals surface area contributed by atoms with Crippen LogP contribution in [0.15, 0.2) is 12.4 Å². The third-order valence-electron chi connectivity index (χ3n) is 1.40. The lowest BCUT2D eigenvalue weighted by Gasteiger charge is -2.08. The van der Waals surface area contributed by atoms with E-state index in [1.165, 1.54) is 12.4 Å². The van der Waals surface area contributed by atoms with Crippen molar-refractivity contribution in [1.82, 2.24) is 9.97 Å². The fourth-order valence-corrected chi connectivity index (χ4v) is 0.716. The van der Waals surface area contributed by atoms with E-state index in [0.29, 0.717) is 11.6 Å². The van der Waals surface area contributed by atoms with Gasteiger partial charge in [-0.15, -0.1) is 0 Å². The molecule has 1 unspecified atom stereocenters. The zero-order valence-electron chi connectivity index (χ0n) is 7.01. The molecular weight excluding hydrogens is 172 g/mol. The number of hydrogen-bond acceptors (Lipinski definition) is 6. The molecule has 0 aliphatic rings. The minimum atomic E-state index is -0.792. The summed E-state index contributed by atoms with van der Waals surface area (Å²) in [5, 5.41) is 20.3. The maximum atomic E-state index is 8.99. The van der Waals surface area contributed by atoms with Gasteiger partial charge in [-0.1, -0.05) is 0 Å². The van der Waals surface area contributed by atoms with Gasteiger partial charge in [0.25, 0.3) is 0 Å². The van der Waals surface area contributed by atoms with E-state index in [0.717, 1.165) is 0 Å². The molecule has 6 heteroatoms. The van der Waals surface area contributed by atoms with Crippen LogP contribution < -0.4 is 11.1 Å². The third-order valence-corrected chi connectivity index (χ3v) is 1.40. The van der Waals surface area contributed by atoms with Gasteiger partial charge in [0.15, 0.2) is 0 Å². The Labute approximate surface area is 75.4 Å². The van der Waals surface area contributed by atoms with Crippen molar-refractivity contribution in [2.45, 2.75) is 6.10 Å². The van der Waals surface area contributed by atoms with E-state index in [1.807, 2.05) is 0 Å². The summed E-state index contributed by atoms with van der Waals surface area (Å²) in [4.78, 5) is 7.68. The second kappa shape index (κ2) is 4.58. The first kappa shape index (κ1) is 9.69. The molecule has 1 aromatic rings. The number of hydrogen-bond donors (Lipinski definition) is 4. The molecule has 1 heterocycles. The standard InChI is InChI=1S/C7H12N4O2/c8-6-2-11-7(3-9-6)10-1-5(13)4-12/h2-3,5,12-13H,1,4H2,(H2,8,9)(H,10,11). The molecule has 0 fully saturated rings. The van der Waals surface area contributed by atoms with Crippen LogP contribution in [-0.4, -0.2) is 39.4 Å². The van der Waals surface area contributed by atoms with E-state index < -0.39 is 6.10 Å². The largest absolute Gasteiger partial charge is 0.394 e. The zero-order valence-corrected chi connectivity index (χ0v) is 7.01. The SMILES string of the molecule is Nc1cnc(NCC(O)CO)cn1. The summed E-state index contributed by atoms with van der Waals surface area (Å²) in [6.07, 6.45) is 2.08. The number of aromatic nitrogens is 2. The Bertz CT molecular complexity index is 251. The first-order valence-electron chi connectivity index (χ1n) is 3.82. The number of aliphatic hydroxyl groups excluding tert-OH is 2. The Kier molecular flexibility index (Phi) is 3.41. The average Bonchev–Trinajstić information content (AvgIpc) is 2.16. The smallest absolute Gasteiger partial charge is 0.144 e. The Morgan fingerprint density at radius 1 is 1.46 bits per heavy atom. The number of anilines is 2. The van der Waals surface area contributed by atoms with Gasteiger partial charge in [-0.2, -0.15) is 0 Å². The first-order chi connectivity index (χ1) is 6.22. The minimum absolute atomic E-state index is 0.231. The van der Waals surface area contributed by atoms with Crippen LogP contribution in [0.25, 0.3) is 0 Å². The molecule has 0 spiro atoms. The van der Waals surface area contributed by atoms with Gasteiger partial charge in [0, 0.05) is 6.54 Å². The lowest BCUT2D eigenvalue weighted by Crippen LogP contribution is -2.23. The number of nitrogens with two attached hydrogens (primary N) is 1. The summed E-state index contributed by atoms with van der Waals surface area (Å²) in [5.74, 6) is 0.856. The minimum Gasteiger partial charge on any atom is -0.394 e. The highest BCUT2D eigenvalue weighted by molar-refractivity contribution is 5.35. The van der Waals surface area contributed by atoms with Gasteiger partial charge < -0.3 is 21.3 Å². The molecule has 0 aromatic carbocycles. The van der Waals surface area contributed by atoms with Crippen LogP contribution in [0, 0.1) is 0 Å². The quantitative estimate of drug-likeness (QED) is 0.469. The van der Waals surface area contributed by atoms with Gasteiger partial charge in [-0.3, -0.25) is 0 Å². The van der Waals surface area contributed by atoms with Crippen molar-refractivity contribution in [2.24, 2.45) is 0 Å². The summed E-state index contributed by atoms with van der Waals surface area (Å²) in [6, 6.07) is 0. The van der Waals surface area contributed by atoms with Crippen molar-refractivity contribution < 1.29 is 10.2 Å². The molecule has 72 valence electrons. The summed E-state index contributed by atoms with van der Waals surface area (Å²) >= 11 is 0. The molecule has 0 bridgehead atoms. The molecule has 5 N–H and O–H groups in total. The Hall–Kier alpha value is -1.40. The van der Waals surface area contributed by atoms with E-state index in [9.17, 15) is 0 Å². The number of rotatable bonds is 4. The van der Waals surface area contributed by atoms with Crippen molar-refractivity contribution in [1.29, 1.82) is 0 Å². The van der Waals surface area contributed by atoms with Crippen molar-refractivity contribution in [3.8, 4) is 0 Å². The maximum Gasteiger partial charge on any atom is 0.144 e.